The van der Waals surface area contributed by atoms with E-state index in [2.05, 4.69) is 5.32 Å². The maximum absolute atomic E-state index is 12.5. The van der Waals surface area contributed by atoms with Gasteiger partial charge in [0, 0.05) is 12.6 Å². The van der Waals surface area contributed by atoms with Crippen LogP contribution >= 0.6 is 0 Å². The number of sulfonamides is 1. The first-order valence-corrected chi connectivity index (χ1v) is 8.34. The highest BCUT2D eigenvalue weighted by molar-refractivity contribution is 7.89. The third-order valence-electron chi connectivity index (χ3n) is 3.73. The molecule has 106 valence electrons. The molecule has 0 bridgehead atoms. The van der Waals surface area contributed by atoms with E-state index in [-0.39, 0.29) is 11.8 Å². The molecule has 0 aliphatic carbocycles. The lowest BCUT2D eigenvalue weighted by Crippen LogP contribution is -2.57. The maximum atomic E-state index is 12.5. The molecule has 1 unspecified atom stereocenters. The Hall–Kier alpha value is -0.170. The van der Waals surface area contributed by atoms with Crippen LogP contribution in [0.5, 0.6) is 0 Å². The minimum Gasteiger partial charge on any atom is -0.378 e. The van der Waals surface area contributed by atoms with E-state index in [9.17, 15) is 8.42 Å². The second kappa shape index (κ2) is 5.45. The molecule has 2 heterocycles. The molecule has 5 nitrogen and oxygen atoms in total. The quantitative estimate of drug-likeness (QED) is 0.819. The average Bonchev–Trinajstić information content (AvgIpc) is 2.28. The van der Waals surface area contributed by atoms with E-state index in [4.69, 9.17) is 4.74 Å². The summed E-state index contributed by atoms with van der Waals surface area (Å²) >= 11 is 0. The molecule has 0 spiro atoms. The Bertz CT molecular complexity index is 375. The summed E-state index contributed by atoms with van der Waals surface area (Å²) in [5.41, 5.74) is -0.425. The maximum Gasteiger partial charge on any atom is 0.216 e. The van der Waals surface area contributed by atoms with Crippen LogP contribution in [0.3, 0.4) is 0 Å². The van der Waals surface area contributed by atoms with Crippen LogP contribution in [-0.2, 0) is 14.8 Å². The molecule has 2 aliphatic rings. The predicted octanol–water partition coefficient (Wildman–Crippen LogP) is 0.569. The van der Waals surface area contributed by atoms with Crippen molar-refractivity contribution in [1.82, 2.24) is 9.62 Å². The van der Waals surface area contributed by atoms with Gasteiger partial charge in [-0.1, -0.05) is 6.42 Å². The normalized spacial score (nSPS) is 30.2. The van der Waals surface area contributed by atoms with Gasteiger partial charge in [-0.25, -0.2) is 8.42 Å². The van der Waals surface area contributed by atoms with Crippen LogP contribution in [0.4, 0.5) is 0 Å². The summed E-state index contributed by atoms with van der Waals surface area (Å²) in [6, 6.07) is 0.113. The molecule has 6 heteroatoms. The summed E-state index contributed by atoms with van der Waals surface area (Å²) in [7, 11) is -3.20. The number of hydrogen-bond donors (Lipinski definition) is 1. The molecule has 0 radical (unpaired) electrons. The van der Waals surface area contributed by atoms with Crippen LogP contribution in [-0.4, -0.2) is 56.4 Å². The largest absolute Gasteiger partial charge is 0.378 e. The van der Waals surface area contributed by atoms with Crippen LogP contribution in [0, 0.1) is 0 Å². The summed E-state index contributed by atoms with van der Waals surface area (Å²) in [5.74, 6) is 0.219. The Balaban J connectivity index is 2.04. The lowest BCUT2D eigenvalue weighted by Gasteiger charge is -2.41. The van der Waals surface area contributed by atoms with Crippen molar-refractivity contribution in [1.29, 1.82) is 0 Å². The van der Waals surface area contributed by atoms with Gasteiger partial charge < -0.3 is 10.1 Å². The third kappa shape index (κ3) is 3.23. The van der Waals surface area contributed by atoms with Crippen LogP contribution in [0.2, 0.25) is 0 Å². The Kier molecular flexibility index (Phi) is 4.31. The topological polar surface area (TPSA) is 58.6 Å². The zero-order valence-corrected chi connectivity index (χ0v) is 12.1. The molecule has 0 saturated carbocycles. The molecule has 1 atom stereocenters. The van der Waals surface area contributed by atoms with Gasteiger partial charge in [-0.05, 0) is 33.2 Å². The van der Waals surface area contributed by atoms with Crippen molar-refractivity contribution < 1.29 is 13.2 Å². The number of piperidine rings is 1. The Labute approximate surface area is 110 Å². The van der Waals surface area contributed by atoms with Gasteiger partial charge in [0.15, 0.2) is 0 Å². The molecule has 2 aliphatic heterocycles. The van der Waals surface area contributed by atoms with E-state index in [1.165, 1.54) is 0 Å². The molecular weight excluding hydrogens is 252 g/mol. The van der Waals surface area contributed by atoms with Crippen LogP contribution in [0.25, 0.3) is 0 Å². The number of nitrogens with one attached hydrogen (secondary N) is 1. The predicted molar refractivity (Wildman–Crippen MR) is 71.0 cm³/mol. The molecule has 2 fully saturated rings. The highest BCUT2D eigenvalue weighted by Crippen LogP contribution is 2.24. The van der Waals surface area contributed by atoms with Crippen molar-refractivity contribution in [3.05, 3.63) is 0 Å². The number of rotatable bonds is 3. The van der Waals surface area contributed by atoms with Gasteiger partial charge in [-0.3, -0.25) is 0 Å². The molecule has 18 heavy (non-hydrogen) atoms. The van der Waals surface area contributed by atoms with Gasteiger partial charge in [0.25, 0.3) is 0 Å². The van der Waals surface area contributed by atoms with E-state index < -0.39 is 15.6 Å². The molecule has 0 aromatic heterocycles. The first-order chi connectivity index (χ1) is 8.42. The second-order valence-electron chi connectivity index (χ2n) is 5.86. The van der Waals surface area contributed by atoms with Crippen molar-refractivity contribution in [3.63, 3.8) is 0 Å². The molecule has 1 N–H and O–H groups in total. The number of hydrogen-bond acceptors (Lipinski definition) is 4. The summed E-state index contributed by atoms with van der Waals surface area (Å²) < 4.78 is 32.0. The SMILES string of the molecule is CC1(C)COCCN1S(=O)(=O)CC1CCCCN1. The molecule has 2 rings (SSSR count). The zero-order valence-electron chi connectivity index (χ0n) is 11.3. The first-order valence-electron chi connectivity index (χ1n) is 6.73. The van der Waals surface area contributed by atoms with E-state index >= 15 is 0 Å². The molecule has 2 saturated heterocycles. The van der Waals surface area contributed by atoms with Crippen molar-refractivity contribution >= 4 is 10.0 Å². The minimum absolute atomic E-state index is 0.113. The summed E-state index contributed by atoms with van der Waals surface area (Å²) in [6.07, 6.45) is 3.24. The third-order valence-corrected chi connectivity index (χ3v) is 5.90. The molecular formula is C12H24N2O3S. The first kappa shape index (κ1) is 14.2. The Morgan fingerprint density at radius 3 is 2.78 bits per heavy atom. The van der Waals surface area contributed by atoms with Crippen LogP contribution in [0.15, 0.2) is 0 Å². The van der Waals surface area contributed by atoms with E-state index in [1.807, 2.05) is 13.8 Å². The Morgan fingerprint density at radius 2 is 2.17 bits per heavy atom. The zero-order chi connectivity index (χ0) is 13.2. The lowest BCUT2D eigenvalue weighted by atomic mass is 10.1. The Morgan fingerprint density at radius 1 is 1.39 bits per heavy atom. The molecule has 0 aromatic rings. The van der Waals surface area contributed by atoms with Gasteiger partial charge in [0.05, 0.1) is 24.5 Å². The van der Waals surface area contributed by atoms with Gasteiger partial charge in [-0.15, -0.1) is 0 Å². The highest BCUT2D eigenvalue weighted by Gasteiger charge is 2.39. The van der Waals surface area contributed by atoms with Gasteiger partial charge in [-0.2, -0.15) is 4.31 Å². The smallest absolute Gasteiger partial charge is 0.216 e. The van der Waals surface area contributed by atoms with E-state index in [0.717, 1.165) is 25.8 Å². The number of ether oxygens (including phenoxy) is 1. The van der Waals surface area contributed by atoms with Gasteiger partial charge >= 0.3 is 0 Å². The summed E-state index contributed by atoms with van der Waals surface area (Å²) in [4.78, 5) is 0. The van der Waals surface area contributed by atoms with Crippen molar-refractivity contribution in [2.24, 2.45) is 0 Å². The monoisotopic (exact) mass is 276 g/mol. The summed E-state index contributed by atoms with van der Waals surface area (Å²) in [5, 5.41) is 3.30. The summed E-state index contributed by atoms with van der Waals surface area (Å²) in [6.45, 7) is 6.25. The van der Waals surface area contributed by atoms with Crippen molar-refractivity contribution in [3.8, 4) is 0 Å². The van der Waals surface area contributed by atoms with Crippen LogP contribution in [0.1, 0.15) is 33.1 Å². The van der Waals surface area contributed by atoms with Gasteiger partial charge in [0.1, 0.15) is 0 Å². The molecule has 0 amide bonds. The fourth-order valence-electron chi connectivity index (χ4n) is 2.77. The molecule has 0 aromatic carbocycles. The fourth-order valence-corrected chi connectivity index (χ4v) is 4.90. The van der Waals surface area contributed by atoms with E-state index in [0.29, 0.717) is 19.8 Å². The second-order valence-corrected chi connectivity index (χ2v) is 7.80. The van der Waals surface area contributed by atoms with E-state index in [1.54, 1.807) is 4.31 Å². The lowest BCUT2D eigenvalue weighted by molar-refractivity contribution is -0.00780. The van der Waals surface area contributed by atoms with Crippen molar-refractivity contribution in [2.45, 2.75) is 44.7 Å². The minimum atomic E-state index is -3.20. The standard InChI is InChI=1S/C12H24N2O3S/c1-12(2)10-17-8-7-14(12)18(15,16)9-11-5-3-4-6-13-11/h11,13H,3-10H2,1-2H3. The fraction of sp³-hybridized carbons (Fsp3) is 1.00. The van der Waals surface area contributed by atoms with Gasteiger partial charge in [0.2, 0.25) is 10.0 Å². The van der Waals surface area contributed by atoms with Crippen LogP contribution < -0.4 is 5.32 Å². The average molecular weight is 276 g/mol. The number of morpholine rings is 1. The highest BCUT2D eigenvalue weighted by atomic mass is 32.2. The van der Waals surface area contributed by atoms with Crippen molar-refractivity contribution in [2.75, 3.05) is 32.1 Å². The number of nitrogens with zero attached hydrogens (tertiary/aromatic N) is 1.